The van der Waals surface area contributed by atoms with E-state index in [2.05, 4.69) is 20.1 Å². The van der Waals surface area contributed by atoms with Crippen molar-refractivity contribution < 1.29 is 9.53 Å². The van der Waals surface area contributed by atoms with Crippen LogP contribution in [-0.2, 0) is 11.2 Å². The molecule has 126 valence electrons. The van der Waals surface area contributed by atoms with Crippen molar-refractivity contribution in [2.45, 2.75) is 19.8 Å². The first-order chi connectivity index (χ1) is 11.6. The Balaban J connectivity index is 1.45. The van der Waals surface area contributed by atoms with Crippen molar-refractivity contribution in [1.82, 2.24) is 15.2 Å². The van der Waals surface area contributed by atoms with E-state index >= 15 is 0 Å². The van der Waals surface area contributed by atoms with E-state index in [1.807, 2.05) is 12.1 Å². The number of anilines is 1. The molecule has 2 aromatic heterocycles. The fraction of sp³-hybridized carbons (Fsp3) is 0.471. The number of esters is 1. The number of ether oxygens (including phenoxy) is 1. The standard InChI is InChI=1S/C17H19ClN4O2/c1-2-24-17(23)14-7-13(20-21-14)6-10-3-4-15(19-16(10)18)22-8-11-5-12(11)9-22/h3-4,7,11-12H,2,5-6,8-9H2,1H3,(H,20,21). The zero-order chi connectivity index (χ0) is 16.7. The molecule has 0 radical (unpaired) electrons. The molecule has 4 rings (SSSR count). The molecule has 0 bridgehead atoms. The molecular formula is C17H19ClN4O2. The van der Waals surface area contributed by atoms with E-state index in [0.717, 1.165) is 42.0 Å². The van der Waals surface area contributed by atoms with Gasteiger partial charge in [-0.25, -0.2) is 9.78 Å². The van der Waals surface area contributed by atoms with Crippen LogP contribution in [0.15, 0.2) is 18.2 Å². The minimum absolute atomic E-state index is 0.336. The number of aromatic nitrogens is 3. The molecule has 1 aliphatic heterocycles. The Bertz CT molecular complexity index is 766. The maximum absolute atomic E-state index is 11.7. The predicted molar refractivity (Wildman–Crippen MR) is 90.4 cm³/mol. The van der Waals surface area contributed by atoms with Crippen molar-refractivity contribution in [3.8, 4) is 0 Å². The highest BCUT2D eigenvalue weighted by Crippen LogP contribution is 2.46. The van der Waals surface area contributed by atoms with Crippen LogP contribution in [-0.4, -0.2) is 40.8 Å². The fourth-order valence-electron chi connectivity index (χ4n) is 3.31. The molecule has 24 heavy (non-hydrogen) atoms. The van der Waals surface area contributed by atoms with Gasteiger partial charge in [-0.3, -0.25) is 5.10 Å². The van der Waals surface area contributed by atoms with Gasteiger partial charge in [0.1, 0.15) is 16.7 Å². The molecule has 2 aliphatic rings. The van der Waals surface area contributed by atoms with Gasteiger partial charge in [0, 0.05) is 19.5 Å². The number of hydrogen-bond donors (Lipinski definition) is 1. The van der Waals surface area contributed by atoms with E-state index in [4.69, 9.17) is 16.3 Å². The first-order valence-electron chi connectivity index (χ1n) is 8.25. The number of H-pyrrole nitrogens is 1. The molecule has 2 fully saturated rings. The van der Waals surface area contributed by atoms with Crippen LogP contribution in [0.2, 0.25) is 5.15 Å². The van der Waals surface area contributed by atoms with Crippen LogP contribution in [0.25, 0.3) is 0 Å². The average Bonchev–Trinajstić information content (AvgIpc) is 2.98. The molecule has 1 saturated heterocycles. The van der Waals surface area contributed by atoms with Crippen LogP contribution in [0.5, 0.6) is 0 Å². The minimum Gasteiger partial charge on any atom is -0.461 e. The lowest BCUT2D eigenvalue weighted by atomic mass is 10.1. The third kappa shape index (κ3) is 2.98. The van der Waals surface area contributed by atoms with Crippen molar-refractivity contribution in [2.75, 3.05) is 24.6 Å². The average molecular weight is 347 g/mol. The zero-order valence-electron chi connectivity index (χ0n) is 13.5. The van der Waals surface area contributed by atoms with Crippen molar-refractivity contribution in [1.29, 1.82) is 0 Å². The Morgan fingerprint density at radius 2 is 2.21 bits per heavy atom. The zero-order valence-corrected chi connectivity index (χ0v) is 14.2. The molecule has 0 aromatic carbocycles. The SMILES string of the molecule is CCOC(=O)c1cc(Cc2ccc(N3CC4CC4C3)nc2Cl)n[nH]1. The Morgan fingerprint density at radius 1 is 1.42 bits per heavy atom. The molecule has 2 aromatic rings. The van der Waals surface area contributed by atoms with Gasteiger partial charge in [0.15, 0.2) is 0 Å². The second-order valence-corrected chi connectivity index (χ2v) is 6.81. The second kappa shape index (κ2) is 6.09. The van der Waals surface area contributed by atoms with E-state index in [1.54, 1.807) is 13.0 Å². The molecule has 0 spiro atoms. The summed E-state index contributed by atoms with van der Waals surface area (Å²) in [7, 11) is 0. The molecule has 6 nitrogen and oxygen atoms in total. The van der Waals surface area contributed by atoms with Crippen molar-refractivity contribution in [3.63, 3.8) is 0 Å². The monoisotopic (exact) mass is 346 g/mol. The summed E-state index contributed by atoms with van der Waals surface area (Å²) in [5.74, 6) is 2.26. The van der Waals surface area contributed by atoms with Crippen LogP contribution < -0.4 is 4.90 Å². The first kappa shape index (κ1) is 15.4. The normalized spacial score (nSPS) is 21.7. The van der Waals surface area contributed by atoms with Gasteiger partial charge in [-0.05, 0) is 42.9 Å². The van der Waals surface area contributed by atoms with Gasteiger partial charge in [0.25, 0.3) is 0 Å². The largest absolute Gasteiger partial charge is 0.461 e. The molecule has 1 N–H and O–H groups in total. The lowest BCUT2D eigenvalue weighted by molar-refractivity contribution is 0.0519. The summed E-state index contributed by atoms with van der Waals surface area (Å²) in [5.41, 5.74) is 1.98. The lowest BCUT2D eigenvalue weighted by Gasteiger charge is -2.19. The van der Waals surface area contributed by atoms with E-state index < -0.39 is 5.97 Å². The molecule has 0 amide bonds. The molecular weight excluding hydrogens is 328 g/mol. The van der Waals surface area contributed by atoms with Crippen LogP contribution in [0.1, 0.15) is 35.1 Å². The summed E-state index contributed by atoms with van der Waals surface area (Å²) < 4.78 is 4.95. The Morgan fingerprint density at radius 3 is 2.92 bits per heavy atom. The summed E-state index contributed by atoms with van der Waals surface area (Å²) >= 11 is 6.36. The van der Waals surface area contributed by atoms with Crippen LogP contribution >= 0.6 is 11.6 Å². The van der Waals surface area contributed by atoms with Crippen molar-refractivity contribution >= 4 is 23.4 Å². The van der Waals surface area contributed by atoms with Crippen molar-refractivity contribution in [2.24, 2.45) is 11.8 Å². The van der Waals surface area contributed by atoms with Gasteiger partial charge >= 0.3 is 5.97 Å². The van der Waals surface area contributed by atoms with Crippen LogP contribution in [0.4, 0.5) is 5.82 Å². The number of pyridine rings is 1. The number of fused-ring (bicyclic) bond motifs is 1. The molecule has 1 saturated carbocycles. The number of carbonyl (C=O) groups is 1. The summed E-state index contributed by atoms with van der Waals surface area (Å²) in [6.45, 7) is 4.29. The van der Waals surface area contributed by atoms with Gasteiger partial charge < -0.3 is 9.64 Å². The van der Waals surface area contributed by atoms with E-state index in [0.29, 0.717) is 23.9 Å². The smallest absolute Gasteiger partial charge is 0.356 e. The number of aromatic amines is 1. The predicted octanol–water partition coefficient (Wildman–Crippen LogP) is 2.68. The third-order valence-electron chi connectivity index (χ3n) is 4.71. The number of halogens is 1. The molecule has 7 heteroatoms. The van der Waals surface area contributed by atoms with E-state index in [9.17, 15) is 4.79 Å². The molecule has 2 atom stereocenters. The summed E-state index contributed by atoms with van der Waals surface area (Å²) in [5, 5.41) is 7.34. The first-order valence-corrected chi connectivity index (χ1v) is 8.63. The van der Waals surface area contributed by atoms with Crippen LogP contribution in [0.3, 0.4) is 0 Å². The third-order valence-corrected chi connectivity index (χ3v) is 5.04. The molecule has 2 unspecified atom stereocenters. The maximum atomic E-state index is 11.7. The summed E-state index contributed by atoms with van der Waals surface area (Å²) in [4.78, 5) is 18.5. The van der Waals surface area contributed by atoms with Gasteiger partial charge in [-0.1, -0.05) is 17.7 Å². The minimum atomic E-state index is -0.400. The Labute approximate surface area is 145 Å². The van der Waals surface area contributed by atoms with E-state index in [1.165, 1.54) is 6.42 Å². The van der Waals surface area contributed by atoms with Gasteiger partial charge in [0.2, 0.25) is 0 Å². The number of hydrogen-bond acceptors (Lipinski definition) is 5. The number of carbonyl (C=O) groups excluding carboxylic acids is 1. The Kier molecular flexibility index (Phi) is 3.92. The van der Waals surface area contributed by atoms with E-state index in [-0.39, 0.29) is 0 Å². The fourth-order valence-corrected chi connectivity index (χ4v) is 3.53. The van der Waals surface area contributed by atoms with Gasteiger partial charge in [-0.15, -0.1) is 0 Å². The highest BCUT2D eigenvalue weighted by molar-refractivity contribution is 6.30. The topological polar surface area (TPSA) is 71.1 Å². The maximum Gasteiger partial charge on any atom is 0.356 e. The highest BCUT2D eigenvalue weighted by atomic mass is 35.5. The second-order valence-electron chi connectivity index (χ2n) is 6.45. The van der Waals surface area contributed by atoms with Crippen LogP contribution in [0, 0.1) is 11.8 Å². The van der Waals surface area contributed by atoms with Gasteiger partial charge in [-0.2, -0.15) is 5.10 Å². The quantitative estimate of drug-likeness (QED) is 0.665. The lowest BCUT2D eigenvalue weighted by Crippen LogP contribution is -2.22. The highest BCUT2D eigenvalue weighted by Gasteiger charge is 2.45. The number of piperidine rings is 1. The molecule has 1 aliphatic carbocycles. The van der Waals surface area contributed by atoms with Crippen molar-refractivity contribution in [3.05, 3.63) is 40.3 Å². The summed E-state index contributed by atoms with van der Waals surface area (Å²) in [6.07, 6.45) is 1.89. The molecule has 3 heterocycles. The number of rotatable bonds is 5. The van der Waals surface area contributed by atoms with Gasteiger partial charge in [0.05, 0.1) is 12.3 Å². The Hall–Kier alpha value is -2.08. The number of nitrogens with zero attached hydrogens (tertiary/aromatic N) is 3. The number of nitrogens with one attached hydrogen (secondary N) is 1. The summed E-state index contributed by atoms with van der Waals surface area (Å²) in [6, 6.07) is 5.70.